The summed E-state index contributed by atoms with van der Waals surface area (Å²) in [5.74, 6) is -0.658. The van der Waals surface area contributed by atoms with Crippen LogP contribution >= 0.6 is 0 Å². The van der Waals surface area contributed by atoms with Crippen molar-refractivity contribution in [3.63, 3.8) is 0 Å². The third-order valence-electron chi connectivity index (χ3n) is 14.1. The Morgan fingerprint density at radius 3 is 1.37 bits per heavy atom. The standard InChI is InChI=1S/C57H104N2O9/c1-3-5-7-9-11-13-15-17-18-19-20-21-22-23-24-25-26-27-29-31-33-35-40-44-51(61)59-48(52(62)49(60)43-39-34-32-30-28-16-14-12-10-8-6-4-2)46-67-57-55(65)54(64)53(63)50(68-57)45-58-56(66)47-41-37-36-38-42-47/h36-38,41-42,48-50,52-55,57,60,62-65H,3-35,39-40,43-46H2,1-2H3,(H,58,66)(H,59,61)/t48-,49+,50+,52-,53-,54-,55+,57-/m0/s1. The SMILES string of the molecule is CCCCCCCCCCCCCCCCCCCCCCCCCC(=O)N[C@@H](CO[C@H]1O[C@H](CNC(=O)c2ccccc2)[C@H](O)[C@H](O)[C@H]1O)[C@H](O)[C@H](O)CCCCCCCCCCCCCC. The van der Waals surface area contributed by atoms with E-state index < -0.39 is 54.9 Å². The van der Waals surface area contributed by atoms with E-state index in [-0.39, 0.29) is 25.5 Å². The Labute approximate surface area is 415 Å². The van der Waals surface area contributed by atoms with Gasteiger partial charge in [0.15, 0.2) is 6.29 Å². The molecular weight excluding hydrogens is 857 g/mol. The highest BCUT2D eigenvalue weighted by Gasteiger charge is 2.45. The average molecular weight is 961 g/mol. The van der Waals surface area contributed by atoms with Gasteiger partial charge in [0.25, 0.3) is 5.91 Å². The van der Waals surface area contributed by atoms with Gasteiger partial charge >= 0.3 is 0 Å². The molecule has 7 N–H and O–H groups in total. The van der Waals surface area contributed by atoms with E-state index in [2.05, 4.69) is 24.5 Å². The van der Waals surface area contributed by atoms with Crippen LogP contribution in [0.5, 0.6) is 0 Å². The number of amides is 2. The molecule has 68 heavy (non-hydrogen) atoms. The fraction of sp³-hybridized carbons (Fsp3) is 0.860. The summed E-state index contributed by atoms with van der Waals surface area (Å²) in [7, 11) is 0. The predicted molar refractivity (Wildman–Crippen MR) is 278 cm³/mol. The Bertz CT molecular complexity index is 1310. The number of carbonyl (C=O) groups is 2. The number of nitrogens with one attached hydrogen (secondary N) is 2. The number of rotatable bonds is 46. The molecule has 0 bridgehead atoms. The zero-order valence-corrected chi connectivity index (χ0v) is 43.5. The number of hydrogen-bond acceptors (Lipinski definition) is 9. The lowest BCUT2D eigenvalue weighted by Gasteiger charge is -2.41. The van der Waals surface area contributed by atoms with Crippen molar-refractivity contribution < 1.29 is 44.6 Å². The Hall–Kier alpha value is -2.12. The van der Waals surface area contributed by atoms with Gasteiger partial charge in [-0.25, -0.2) is 0 Å². The largest absolute Gasteiger partial charge is 0.390 e. The zero-order chi connectivity index (χ0) is 49.3. The van der Waals surface area contributed by atoms with E-state index in [1.165, 1.54) is 173 Å². The van der Waals surface area contributed by atoms with Gasteiger partial charge in [0, 0.05) is 18.5 Å². The molecule has 396 valence electrons. The van der Waals surface area contributed by atoms with E-state index in [4.69, 9.17) is 9.47 Å². The molecule has 0 unspecified atom stereocenters. The molecule has 1 aliphatic heterocycles. The van der Waals surface area contributed by atoms with E-state index in [1.54, 1.807) is 30.3 Å². The minimum absolute atomic E-state index is 0.168. The third kappa shape index (κ3) is 30.6. The lowest BCUT2D eigenvalue weighted by atomic mass is 9.98. The van der Waals surface area contributed by atoms with E-state index in [1.807, 2.05) is 0 Å². The fourth-order valence-electron chi connectivity index (χ4n) is 9.52. The first kappa shape index (κ1) is 62.0. The van der Waals surface area contributed by atoms with Crippen LogP contribution in [0.1, 0.15) is 262 Å². The molecule has 0 radical (unpaired) electrons. The van der Waals surface area contributed by atoms with Crippen LogP contribution in [0.15, 0.2) is 30.3 Å². The van der Waals surface area contributed by atoms with E-state index >= 15 is 0 Å². The summed E-state index contributed by atoms with van der Waals surface area (Å²) >= 11 is 0. The summed E-state index contributed by atoms with van der Waals surface area (Å²) in [6.07, 6.45) is 35.0. The molecule has 2 rings (SSSR count). The van der Waals surface area contributed by atoms with Crippen molar-refractivity contribution in [1.82, 2.24) is 10.6 Å². The molecule has 2 amide bonds. The third-order valence-corrected chi connectivity index (χ3v) is 14.1. The number of hydrogen-bond donors (Lipinski definition) is 7. The van der Waals surface area contributed by atoms with Crippen LogP contribution in [0, 0.1) is 0 Å². The Morgan fingerprint density at radius 2 is 0.941 bits per heavy atom. The van der Waals surface area contributed by atoms with Crippen LogP contribution in [0.25, 0.3) is 0 Å². The van der Waals surface area contributed by atoms with E-state index in [0.29, 0.717) is 18.4 Å². The van der Waals surface area contributed by atoms with Crippen molar-refractivity contribution in [3.8, 4) is 0 Å². The van der Waals surface area contributed by atoms with Crippen molar-refractivity contribution in [2.75, 3.05) is 13.2 Å². The molecule has 1 aromatic carbocycles. The van der Waals surface area contributed by atoms with Crippen molar-refractivity contribution in [2.45, 2.75) is 300 Å². The normalized spacial score (nSPS) is 19.7. The second-order valence-corrected chi connectivity index (χ2v) is 20.4. The van der Waals surface area contributed by atoms with Crippen molar-refractivity contribution in [3.05, 3.63) is 35.9 Å². The number of ether oxygens (including phenoxy) is 2. The molecule has 8 atom stereocenters. The van der Waals surface area contributed by atoms with Crippen LogP contribution in [0.3, 0.4) is 0 Å². The maximum absolute atomic E-state index is 13.2. The summed E-state index contributed by atoms with van der Waals surface area (Å²) < 4.78 is 11.7. The van der Waals surface area contributed by atoms with Crippen LogP contribution < -0.4 is 10.6 Å². The molecule has 11 nitrogen and oxygen atoms in total. The minimum atomic E-state index is -1.64. The van der Waals surface area contributed by atoms with Crippen LogP contribution in [0.2, 0.25) is 0 Å². The van der Waals surface area contributed by atoms with Gasteiger partial charge < -0.3 is 45.6 Å². The second kappa shape index (κ2) is 42.6. The molecule has 1 aromatic rings. The monoisotopic (exact) mass is 961 g/mol. The molecular formula is C57H104N2O9. The quantitative estimate of drug-likeness (QED) is 0.0313. The minimum Gasteiger partial charge on any atom is -0.390 e. The molecule has 0 aliphatic carbocycles. The van der Waals surface area contributed by atoms with Crippen molar-refractivity contribution >= 4 is 11.8 Å². The average Bonchev–Trinajstić information content (AvgIpc) is 3.35. The van der Waals surface area contributed by atoms with Gasteiger partial charge in [-0.05, 0) is 25.0 Å². The first-order valence-corrected chi connectivity index (χ1v) is 28.5. The summed E-state index contributed by atoms with van der Waals surface area (Å²) in [5.41, 5.74) is 0.414. The maximum Gasteiger partial charge on any atom is 0.251 e. The van der Waals surface area contributed by atoms with Gasteiger partial charge in [-0.15, -0.1) is 0 Å². The number of carbonyl (C=O) groups excluding carboxylic acids is 2. The van der Waals surface area contributed by atoms with Gasteiger partial charge in [-0.3, -0.25) is 9.59 Å². The zero-order valence-electron chi connectivity index (χ0n) is 43.5. The Balaban J connectivity index is 1.71. The first-order valence-electron chi connectivity index (χ1n) is 28.5. The molecule has 0 spiro atoms. The highest BCUT2D eigenvalue weighted by molar-refractivity contribution is 5.94. The smallest absolute Gasteiger partial charge is 0.251 e. The molecule has 0 saturated carbocycles. The topological polar surface area (TPSA) is 178 Å². The maximum atomic E-state index is 13.2. The molecule has 1 heterocycles. The second-order valence-electron chi connectivity index (χ2n) is 20.4. The molecule has 11 heteroatoms. The number of aliphatic hydroxyl groups is 5. The van der Waals surface area contributed by atoms with Crippen molar-refractivity contribution in [2.24, 2.45) is 0 Å². The lowest BCUT2D eigenvalue weighted by Crippen LogP contribution is -2.61. The summed E-state index contributed by atoms with van der Waals surface area (Å²) in [5, 5.41) is 60.2. The fourth-order valence-corrected chi connectivity index (χ4v) is 9.52. The molecule has 1 fully saturated rings. The highest BCUT2D eigenvalue weighted by atomic mass is 16.7. The van der Waals surface area contributed by atoms with E-state index in [0.717, 1.165) is 44.9 Å². The number of aliphatic hydroxyl groups excluding tert-OH is 5. The van der Waals surface area contributed by atoms with Gasteiger partial charge in [-0.1, -0.05) is 250 Å². The summed E-state index contributed by atoms with van der Waals surface area (Å²) in [6.45, 7) is 4.03. The van der Waals surface area contributed by atoms with Gasteiger partial charge in [0.05, 0.1) is 18.8 Å². The highest BCUT2D eigenvalue weighted by Crippen LogP contribution is 2.24. The Kier molecular flexibility index (Phi) is 38.8. The van der Waals surface area contributed by atoms with Gasteiger partial charge in [0.2, 0.25) is 5.91 Å². The first-order chi connectivity index (χ1) is 33.2. The summed E-state index contributed by atoms with van der Waals surface area (Å²) in [6, 6.07) is 7.53. The Morgan fingerprint density at radius 1 is 0.544 bits per heavy atom. The molecule has 1 aliphatic rings. The van der Waals surface area contributed by atoms with Crippen LogP contribution in [-0.2, 0) is 14.3 Å². The molecule has 0 aromatic heterocycles. The van der Waals surface area contributed by atoms with Gasteiger partial charge in [0.1, 0.15) is 30.5 Å². The van der Waals surface area contributed by atoms with Crippen LogP contribution in [-0.4, -0.2) is 99.5 Å². The van der Waals surface area contributed by atoms with Crippen LogP contribution in [0.4, 0.5) is 0 Å². The molecule has 1 saturated heterocycles. The van der Waals surface area contributed by atoms with Crippen molar-refractivity contribution in [1.29, 1.82) is 0 Å². The lowest BCUT2D eigenvalue weighted by molar-refractivity contribution is -0.297. The number of benzene rings is 1. The van der Waals surface area contributed by atoms with E-state index in [9.17, 15) is 35.1 Å². The predicted octanol–water partition coefficient (Wildman–Crippen LogP) is 11.9. The van der Waals surface area contributed by atoms with Gasteiger partial charge in [-0.2, -0.15) is 0 Å². The summed E-state index contributed by atoms with van der Waals surface area (Å²) in [4.78, 5) is 25.9. The number of unbranched alkanes of at least 4 members (excludes halogenated alkanes) is 33.